The van der Waals surface area contributed by atoms with Crippen LogP contribution in [0.4, 0.5) is 11.5 Å². The van der Waals surface area contributed by atoms with E-state index in [1.807, 2.05) is 0 Å². The van der Waals surface area contributed by atoms with E-state index in [1.54, 1.807) is 36.9 Å². The number of rotatable bonds is 7. The molecule has 0 saturated carbocycles. The molecule has 3 rings (SSSR count). The molecule has 1 atom stereocenters. The summed E-state index contributed by atoms with van der Waals surface area (Å²) in [6, 6.07) is 7.74. The van der Waals surface area contributed by atoms with E-state index < -0.39 is 16.0 Å². The van der Waals surface area contributed by atoms with Gasteiger partial charge in [0.15, 0.2) is 0 Å². The predicted molar refractivity (Wildman–Crippen MR) is 115 cm³/mol. The fourth-order valence-corrected chi connectivity index (χ4v) is 4.89. The minimum atomic E-state index is -3.91. The number of nitrogens with zero attached hydrogens (tertiary/aromatic N) is 2. The maximum absolute atomic E-state index is 12.7. The van der Waals surface area contributed by atoms with Crippen molar-refractivity contribution in [3.8, 4) is 0 Å². The summed E-state index contributed by atoms with van der Waals surface area (Å²) in [6.45, 7) is 4.52. The molecule has 9 nitrogen and oxygen atoms in total. The summed E-state index contributed by atoms with van der Waals surface area (Å²) in [6.07, 6.45) is 2.63. The average molecular weight is 448 g/mol. The van der Waals surface area contributed by atoms with E-state index in [-0.39, 0.29) is 40.5 Å². The van der Waals surface area contributed by atoms with Crippen LogP contribution in [0.5, 0.6) is 0 Å². The Labute approximate surface area is 181 Å². The summed E-state index contributed by atoms with van der Waals surface area (Å²) in [4.78, 5) is 30.1. The third kappa shape index (κ3) is 5.13. The minimum Gasteiger partial charge on any atom is -0.478 e. The second-order valence-electron chi connectivity index (χ2n) is 7.31. The molecular weight excluding hydrogens is 422 g/mol. The number of anilines is 2. The Morgan fingerprint density at radius 2 is 2.06 bits per heavy atom. The second kappa shape index (κ2) is 9.34. The average Bonchev–Trinajstić information content (AvgIpc) is 2.74. The molecule has 0 radical (unpaired) electrons. The first-order chi connectivity index (χ1) is 14.7. The van der Waals surface area contributed by atoms with Gasteiger partial charge in [0.25, 0.3) is 10.0 Å². The number of aromatic nitrogens is 1. The number of hydrogen-bond donors (Lipinski definition) is 2. The highest BCUT2D eigenvalue weighted by Crippen LogP contribution is 2.28. The molecule has 166 valence electrons. The number of esters is 1. The number of carboxylic acid groups (broad SMARTS) is 1. The zero-order valence-corrected chi connectivity index (χ0v) is 18.2. The van der Waals surface area contributed by atoms with Gasteiger partial charge in [0.05, 0.1) is 29.3 Å². The first kappa shape index (κ1) is 22.5. The zero-order chi connectivity index (χ0) is 22.6. The number of hydrogen-bond acceptors (Lipinski definition) is 7. The van der Waals surface area contributed by atoms with Gasteiger partial charge in [-0.3, -0.25) is 9.52 Å². The molecule has 0 spiro atoms. The van der Waals surface area contributed by atoms with Gasteiger partial charge in [0, 0.05) is 13.1 Å². The standard InChI is InChI=1S/C21H25N3O6S/c1-3-30-21(27)15-8-6-10-24(13-15)19-17(20(25)26)11-16(12-22-19)23-31(28,29)18-9-5-4-7-14(18)2/h4-5,7,9,11-12,15,23H,3,6,8,10,13H2,1-2H3,(H,25,26)/t15-/m1/s1. The maximum atomic E-state index is 12.7. The smallest absolute Gasteiger partial charge is 0.339 e. The lowest BCUT2D eigenvalue weighted by Gasteiger charge is -2.33. The molecule has 0 bridgehead atoms. The Balaban J connectivity index is 1.87. The topological polar surface area (TPSA) is 126 Å². The van der Waals surface area contributed by atoms with Gasteiger partial charge in [-0.2, -0.15) is 0 Å². The van der Waals surface area contributed by atoms with Crippen LogP contribution in [-0.4, -0.2) is 50.1 Å². The lowest BCUT2D eigenvalue weighted by Crippen LogP contribution is -2.40. The normalized spacial score (nSPS) is 16.6. The Hall–Kier alpha value is -3.14. The van der Waals surface area contributed by atoms with Gasteiger partial charge >= 0.3 is 11.9 Å². The third-order valence-corrected chi connectivity index (χ3v) is 6.61. The number of nitrogens with one attached hydrogen (secondary N) is 1. The highest BCUT2D eigenvalue weighted by atomic mass is 32.2. The molecule has 0 amide bonds. The van der Waals surface area contributed by atoms with Crippen LogP contribution in [0.25, 0.3) is 0 Å². The minimum absolute atomic E-state index is 0.0448. The summed E-state index contributed by atoms with van der Waals surface area (Å²) in [5.41, 5.74) is 0.467. The molecule has 1 aliphatic heterocycles. The van der Waals surface area contributed by atoms with E-state index in [1.165, 1.54) is 18.3 Å². The monoisotopic (exact) mass is 447 g/mol. The zero-order valence-electron chi connectivity index (χ0n) is 17.4. The second-order valence-corrected chi connectivity index (χ2v) is 8.96. The van der Waals surface area contributed by atoms with Crippen LogP contribution >= 0.6 is 0 Å². The van der Waals surface area contributed by atoms with Gasteiger partial charge in [0.1, 0.15) is 11.4 Å². The van der Waals surface area contributed by atoms with E-state index in [0.29, 0.717) is 31.5 Å². The predicted octanol–water partition coefficient (Wildman–Crippen LogP) is 2.67. The van der Waals surface area contributed by atoms with E-state index >= 15 is 0 Å². The SMILES string of the molecule is CCOC(=O)[C@@H]1CCCN(c2ncc(NS(=O)(=O)c3ccccc3C)cc2C(=O)O)C1. The lowest BCUT2D eigenvalue weighted by molar-refractivity contribution is -0.148. The first-order valence-corrected chi connectivity index (χ1v) is 11.4. The highest BCUT2D eigenvalue weighted by Gasteiger charge is 2.30. The summed E-state index contributed by atoms with van der Waals surface area (Å²) >= 11 is 0. The lowest BCUT2D eigenvalue weighted by atomic mass is 9.98. The van der Waals surface area contributed by atoms with Crippen LogP contribution in [0.3, 0.4) is 0 Å². The molecule has 1 fully saturated rings. The molecule has 31 heavy (non-hydrogen) atoms. The van der Waals surface area contributed by atoms with E-state index in [0.717, 1.165) is 0 Å². The van der Waals surface area contributed by atoms with Crippen molar-refractivity contribution in [3.63, 3.8) is 0 Å². The van der Waals surface area contributed by atoms with Crippen molar-refractivity contribution >= 4 is 33.5 Å². The first-order valence-electron chi connectivity index (χ1n) is 9.96. The Morgan fingerprint density at radius 1 is 1.32 bits per heavy atom. The molecule has 0 unspecified atom stereocenters. The molecule has 1 aliphatic rings. The van der Waals surface area contributed by atoms with E-state index in [9.17, 15) is 23.1 Å². The number of carboxylic acids is 1. The number of sulfonamides is 1. The number of carbonyl (C=O) groups is 2. The van der Waals surface area contributed by atoms with Crippen molar-refractivity contribution in [2.24, 2.45) is 5.92 Å². The molecule has 1 saturated heterocycles. The van der Waals surface area contributed by atoms with Crippen LogP contribution in [-0.2, 0) is 19.6 Å². The van der Waals surface area contributed by atoms with Gasteiger partial charge in [-0.25, -0.2) is 18.2 Å². The van der Waals surface area contributed by atoms with Crippen molar-refractivity contribution in [1.29, 1.82) is 0 Å². The van der Waals surface area contributed by atoms with Crippen LogP contribution in [0.15, 0.2) is 41.4 Å². The van der Waals surface area contributed by atoms with Crippen LogP contribution in [0, 0.1) is 12.8 Å². The van der Waals surface area contributed by atoms with Crippen LogP contribution in [0.1, 0.15) is 35.7 Å². The Bertz CT molecular complexity index is 1090. The van der Waals surface area contributed by atoms with Crippen molar-refractivity contribution in [3.05, 3.63) is 47.7 Å². The highest BCUT2D eigenvalue weighted by molar-refractivity contribution is 7.92. The Kier molecular flexibility index (Phi) is 6.79. The number of pyridine rings is 1. The van der Waals surface area contributed by atoms with Gasteiger partial charge in [0.2, 0.25) is 0 Å². The number of aryl methyl sites for hydroxylation is 1. The van der Waals surface area contributed by atoms with Gasteiger partial charge in [-0.1, -0.05) is 18.2 Å². The fourth-order valence-electron chi connectivity index (χ4n) is 3.61. The number of ether oxygens (including phenoxy) is 1. The number of carbonyl (C=O) groups excluding carboxylic acids is 1. The summed E-state index contributed by atoms with van der Waals surface area (Å²) < 4.78 is 32.9. The summed E-state index contributed by atoms with van der Waals surface area (Å²) in [5, 5.41) is 9.70. The van der Waals surface area contributed by atoms with Crippen molar-refractivity contribution in [2.75, 3.05) is 29.3 Å². The fraction of sp³-hybridized carbons (Fsp3) is 0.381. The molecule has 10 heteroatoms. The maximum Gasteiger partial charge on any atom is 0.339 e. The molecular formula is C21H25N3O6S. The van der Waals surface area contributed by atoms with Crippen molar-refractivity contribution in [1.82, 2.24) is 4.98 Å². The summed E-state index contributed by atoms with van der Waals surface area (Å²) in [7, 11) is -3.91. The van der Waals surface area contributed by atoms with Gasteiger partial charge in [-0.15, -0.1) is 0 Å². The van der Waals surface area contributed by atoms with Crippen molar-refractivity contribution in [2.45, 2.75) is 31.6 Å². The third-order valence-electron chi connectivity index (χ3n) is 5.07. The number of piperidine rings is 1. The van der Waals surface area contributed by atoms with Gasteiger partial charge in [-0.05, 0) is 44.4 Å². The molecule has 2 aromatic rings. The van der Waals surface area contributed by atoms with E-state index in [2.05, 4.69) is 9.71 Å². The number of benzene rings is 1. The quantitative estimate of drug-likeness (QED) is 0.621. The molecule has 0 aliphatic carbocycles. The van der Waals surface area contributed by atoms with Gasteiger partial charge < -0.3 is 14.7 Å². The molecule has 1 aromatic carbocycles. The Morgan fingerprint density at radius 3 is 2.74 bits per heavy atom. The van der Waals surface area contributed by atoms with Crippen LogP contribution < -0.4 is 9.62 Å². The van der Waals surface area contributed by atoms with E-state index in [4.69, 9.17) is 4.74 Å². The van der Waals surface area contributed by atoms with Crippen LogP contribution in [0.2, 0.25) is 0 Å². The molecule has 2 N–H and O–H groups in total. The largest absolute Gasteiger partial charge is 0.478 e. The molecule has 2 heterocycles. The summed E-state index contributed by atoms with van der Waals surface area (Å²) in [5.74, 6) is -1.72. The van der Waals surface area contributed by atoms with Crippen molar-refractivity contribution < 1.29 is 27.9 Å². The molecule has 1 aromatic heterocycles. The number of aromatic carboxylic acids is 1.